The summed E-state index contributed by atoms with van der Waals surface area (Å²) in [5.74, 6) is 1.54. The van der Waals surface area contributed by atoms with Gasteiger partial charge in [-0.1, -0.05) is 29.4 Å². The molecule has 0 N–H and O–H groups in total. The molecule has 5 rings (SSSR count). The molecule has 0 radical (unpaired) electrons. The summed E-state index contributed by atoms with van der Waals surface area (Å²) in [7, 11) is 0. The Bertz CT molecular complexity index is 1240. The van der Waals surface area contributed by atoms with Gasteiger partial charge in [0, 0.05) is 48.1 Å². The van der Waals surface area contributed by atoms with Crippen LogP contribution in [-0.4, -0.2) is 57.5 Å². The van der Waals surface area contributed by atoms with Gasteiger partial charge >= 0.3 is 0 Å². The number of nitrogens with zero attached hydrogens (tertiary/aromatic N) is 5. The van der Waals surface area contributed by atoms with Crippen molar-refractivity contribution in [1.82, 2.24) is 24.6 Å². The first-order valence-corrected chi connectivity index (χ1v) is 12.3. The first-order chi connectivity index (χ1) is 16.7. The van der Waals surface area contributed by atoms with Crippen molar-refractivity contribution in [3.8, 4) is 22.8 Å². The number of oxazole rings is 1. The molecule has 176 valence electrons. The molecule has 0 spiro atoms. The largest absolute Gasteiger partial charge is 0.444 e. The highest BCUT2D eigenvalue weighted by atomic mass is 35.5. The Labute approximate surface area is 205 Å². The third kappa shape index (κ3) is 5.50. The molecule has 3 heterocycles. The third-order valence-electron chi connectivity index (χ3n) is 5.54. The molecule has 0 aliphatic carbocycles. The lowest BCUT2D eigenvalue weighted by Crippen LogP contribution is -2.38. The minimum atomic E-state index is -0.278. The maximum Gasteiger partial charge on any atom is 0.226 e. The van der Waals surface area contributed by atoms with Gasteiger partial charge < -0.3 is 13.7 Å². The molecule has 0 saturated carbocycles. The standard InChI is InChI=1S/C24H23ClFN5O2S/c25-19-3-1-2-18(14-19)23-27-21(15-33-23)16-34-24-29-28-22(17-4-6-20(26)7-5-17)31(24)9-8-30-10-12-32-13-11-30/h1-7,14-15H,8-13,16H2. The van der Waals surface area contributed by atoms with Gasteiger partial charge in [-0.2, -0.15) is 0 Å². The van der Waals surface area contributed by atoms with Gasteiger partial charge in [-0.25, -0.2) is 9.37 Å². The van der Waals surface area contributed by atoms with Crippen LogP contribution in [0, 0.1) is 5.82 Å². The van der Waals surface area contributed by atoms with Crippen molar-refractivity contribution in [1.29, 1.82) is 0 Å². The summed E-state index contributed by atoms with van der Waals surface area (Å²) in [6.07, 6.45) is 1.65. The fraction of sp³-hybridized carbons (Fsp3) is 0.292. The van der Waals surface area contributed by atoms with Crippen LogP contribution in [0.15, 0.2) is 64.4 Å². The van der Waals surface area contributed by atoms with E-state index in [1.54, 1.807) is 30.2 Å². The Morgan fingerprint density at radius 2 is 1.82 bits per heavy atom. The minimum absolute atomic E-state index is 0.278. The summed E-state index contributed by atoms with van der Waals surface area (Å²) in [6.45, 7) is 4.87. The number of hydrogen-bond donors (Lipinski definition) is 0. The fourth-order valence-electron chi connectivity index (χ4n) is 3.74. The minimum Gasteiger partial charge on any atom is -0.444 e. The Balaban J connectivity index is 1.33. The molecule has 1 aliphatic rings. The van der Waals surface area contributed by atoms with Gasteiger partial charge in [0.2, 0.25) is 5.89 Å². The Hall–Kier alpha value is -2.72. The highest BCUT2D eigenvalue weighted by molar-refractivity contribution is 7.98. The number of aromatic nitrogens is 4. The molecule has 0 bridgehead atoms. The van der Waals surface area contributed by atoms with Gasteiger partial charge in [0.05, 0.1) is 18.9 Å². The van der Waals surface area contributed by atoms with E-state index in [9.17, 15) is 4.39 Å². The Morgan fingerprint density at radius 1 is 1.00 bits per heavy atom. The van der Waals surface area contributed by atoms with Crippen molar-refractivity contribution >= 4 is 23.4 Å². The number of morpholine rings is 1. The van der Waals surface area contributed by atoms with Crippen molar-refractivity contribution in [2.45, 2.75) is 17.5 Å². The van der Waals surface area contributed by atoms with E-state index in [0.717, 1.165) is 60.6 Å². The van der Waals surface area contributed by atoms with E-state index < -0.39 is 0 Å². The second kappa shape index (κ2) is 10.7. The lowest BCUT2D eigenvalue weighted by Gasteiger charge is -2.27. The number of benzene rings is 2. The summed E-state index contributed by atoms with van der Waals surface area (Å²) < 4.78 is 26.7. The first-order valence-electron chi connectivity index (χ1n) is 11.0. The molecule has 1 saturated heterocycles. The predicted molar refractivity (Wildman–Crippen MR) is 129 cm³/mol. The van der Waals surface area contributed by atoms with Crippen molar-refractivity contribution < 1.29 is 13.5 Å². The fourth-order valence-corrected chi connectivity index (χ4v) is 4.77. The molecule has 2 aromatic heterocycles. The Kier molecular flexibility index (Phi) is 7.24. The summed E-state index contributed by atoms with van der Waals surface area (Å²) in [5, 5.41) is 10.3. The smallest absolute Gasteiger partial charge is 0.226 e. The van der Waals surface area contributed by atoms with E-state index in [4.69, 9.17) is 20.8 Å². The summed E-state index contributed by atoms with van der Waals surface area (Å²) in [4.78, 5) is 6.96. The van der Waals surface area contributed by atoms with E-state index in [0.29, 0.717) is 23.2 Å². The Morgan fingerprint density at radius 3 is 2.62 bits per heavy atom. The van der Waals surface area contributed by atoms with E-state index >= 15 is 0 Å². The van der Waals surface area contributed by atoms with Gasteiger partial charge in [0.15, 0.2) is 11.0 Å². The van der Waals surface area contributed by atoms with Crippen LogP contribution in [0.4, 0.5) is 4.39 Å². The highest BCUT2D eigenvalue weighted by Gasteiger charge is 2.18. The van der Waals surface area contributed by atoms with Crippen molar-refractivity contribution in [2.75, 3.05) is 32.8 Å². The third-order valence-corrected chi connectivity index (χ3v) is 6.77. The average molecular weight is 500 g/mol. The number of halogens is 2. The topological polar surface area (TPSA) is 69.2 Å². The van der Waals surface area contributed by atoms with Crippen molar-refractivity contribution in [3.05, 3.63) is 71.3 Å². The highest BCUT2D eigenvalue weighted by Crippen LogP contribution is 2.28. The molecule has 4 aromatic rings. The van der Waals surface area contributed by atoms with E-state index in [1.165, 1.54) is 12.1 Å². The molecule has 1 fully saturated rings. The SMILES string of the molecule is Fc1ccc(-c2nnc(SCc3coc(-c4cccc(Cl)c4)n3)n2CCN2CCOCC2)cc1. The molecule has 34 heavy (non-hydrogen) atoms. The summed E-state index contributed by atoms with van der Waals surface area (Å²) >= 11 is 7.63. The maximum atomic E-state index is 13.5. The predicted octanol–water partition coefficient (Wildman–Crippen LogP) is 5.02. The molecule has 7 nitrogen and oxygen atoms in total. The monoisotopic (exact) mass is 499 g/mol. The zero-order valence-electron chi connectivity index (χ0n) is 18.4. The van der Waals surface area contributed by atoms with Crippen molar-refractivity contribution in [2.24, 2.45) is 0 Å². The number of hydrogen-bond acceptors (Lipinski definition) is 7. The normalized spacial score (nSPS) is 14.5. The molecule has 1 aliphatic heterocycles. The van der Waals surface area contributed by atoms with E-state index in [-0.39, 0.29) is 5.82 Å². The molecular weight excluding hydrogens is 477 g/mol. The first kappa shape index (κ1) is 23.0. The van der Waals surface area contributed by atoms with Gasteiger partial charge in [-0.3, -0.25) is 4.90 Å². The quantitative estimate of drug-likeness (QED) is 0.315. The molecule has 10 heteroatoms. The molecular formula is C24H23ClFN5O2S. The summed E-state index contributed by atoms with van der Waals surface area (Å²) in [5.41, 5.74) is 2.45. The van der Waals surface area contributed by atoms with Gasteiger partial charge in [0.25, 0.3) is 0 Å². The van der Waals surface area contributed by atoms with Crippen LogP contribution in [0.3, 0.4) is 0 Å². The average Bonchev–Trinajstić information content (AvgIpc) is 3.50. The van der Waals surface area contributed by atoms with Crippen LogP contribution in [0.1, 0.15) is 5.69 Å². The summed E-state index contributed by atoms with van der Waals surface area (Å²) in [6, 6.07) is 13.7. The van der Waals surface area contributed by atoms with Crippen LogP contribution in [0.2, 0.25) is 5.02 Å². The number of thioether (sulfide) groups is 1. The van der Waals surface area contributed by atoms with E-state index in [1.807, 2.05) is 24.3 Å². The molecule has 0 amide bonds. The number of rotatable bonds is 8. The maximum absolute atomic E-state index is 13.5. The zero-order valence-corrected chi connectivity index (χ0v) is 19.9. The van der Waals surface area contributed by atoms with Gasteiger partial charge in [-0.05, 0) is 42.5 Å². The zero-order chi connectivity index (χ0) is 23.3. The lowest BCUT2D eigenvalue weighted by molar-refractivity contribution is 0.0361. The van der Waals surface area contributed by atoms with Crippen molar-refractivity contribution in [3.63, 3.8) is 0 Å². The van der Waals surface area contributed by atoms with Crippen LogP contribution >= 0.6 is 23.4 Å². The van der Waals surface area contributed by atoms with Crippen LogP contribution in [0.5, 0.6) is 0 Å². The molecule has 2 aromatic carbocycles. The number of ether oxygens (including phenoxy) is 1. The molecule has 0 unspecified atom stereocenters. The van der Waals surface area contributed by atoms with Gasteiger partial charge in [0.1, 0.15) is 12.1 Å². The van der Waals surface area contributed by atoms with Crippen LogP contribution < -0.4 is 0 Å². The molecule has 0 atom stereocenters. The van der Waals surface area contributed by atoms with E-state index in [2.05, 4.69) is 24.6 Å². The second-order valence-corrected chi connectivity index (χ2v) is 9.24. The van der Waals surface area contributed by atoms with Crippen LogP contribution in [0.25, 0.3) is 22.8 Å². The second-order valence-electron chi connectivity index (χ2n) is 7.86. The van der Waals surface area contributed by atoms with Crippen LogP contribution in [-0.2, 0) is 17.0 Å². The lowest BCUT2D eigenvalue weighted by atomic mass is 10.2. The van der Waals surface area contributed by atoms with Gasteiger partial charge in [-0.15, -0.1) is 10.2 Å².